The molecule has 0 amide bonds. The maximum atomic E-state index is 14.4. The SMILES string of the molecule is CCOC(=O)[C@@H](C)n1cnc2c1c(=O)n(Cc1ccccc1F)c(=O)n2-c1ccc(C(C)C)cc1. The average molecular weight is 479 g/mol. The second-order valence-electron chi connectivity index (χ2n) is 8.60. The van der Waals surface area contributed by atoms with E-state index in [1.54, 1.807) is 32.0 Å². The van der Waals surface area contributed by atoms with Crippen LogP contribution in [0.15, 0.2) is 64.4 Å². The van der Waals surface area contributed by atoms with Crippen molar-refractivity contribution in [1.29, 1.82) is 0 Å². The van der Waals surface area contributed by atoms with E-state index in [1.165, 1.54) is 33.7 Å². The number of carbonyl (C=O) groups excluding carboxylic acids is 1. The van der Waals surface area contributed by atoms with E-state index in [2.05, 4.69) is 18.8 Å². The Morgan fingerprint density at radius 3 is 2.37 bits per heavy atom. The van der Waals surface area contributed by atoms with Crippen molar-refractivity contribution < 1.29 is 13.9 Å². The van der Waals surface area contributed by atoms with Crippen molar-refractivity contribution in [2.75, 3.05) is 6.61 Å². The van der Waals surface area contributed by atoms with Crippen molar-refractivity contribution in [1.82, 2.24) is 18.7 Å². The van der Waals surface area contributed by atoms with Crippen LogP contribution in [0.1, 0.15) is 50.8 Å². The molecule has 0 aliphatic rings. The molecular weight excluding hydrogens is 451 g/mol. The first-order chi connectivity index (χ1) is 16.7. The summed E-state index contributed by atoms with van der Waals surface area (Å²) < 4.78 is 23.2. The van der Waals surface area contributed by atoms with Crippen molar-refractivity contribution in [3.63, 3.8) is 0 Å². The molecule has 9 heteroatoms. The van der Waals surface area contributed by atoms with Crippen molar-refractivity contribution in [2.45, 2.75) is 46.2 Å². The lowest BCUT2D eigenvalue weighted by molar-refractivity contribution is -0.146. The van der Waals surface area contributed by atoms with Crippen LogP contribution in [-0.2, 0) is 16.1 Å². The fraction of sp³-hybridized carbons (Fsp3) is 0.308. The van der Waals surface area contributed by atoms with Gasteiger partial charge in [0.15, 0.2) is 11.2 Å². The van der Waals surface area contributed by atoms with E-state index >= 15 is 0 Å². The lowest BCUT2D eigenvalue weighted by Crippen LogP contribution is -2.40. The van der Waals surface area contributed by atoms with Gasteiger partial charge in [0.2, 0.25) is 0 Å². The summed E-state index contributed by atoms with van der Waals surface area (Å²) in [5.41, 5.74) is 0.610. The summed E-state index contributed by atoms with van der Waals surface area (Å²) in [5, 5.41) is 0. The van der Waals surface area contributed by atoms with Crippen LogP contribution in [0.2, 0.25) is 0 Å². The standard InChI is InChI=1S/C26H27FN4O4/c1-5-35-25(33)17(4)30-15-28-23-22(30)24(32)29(14-19-8-6-7-9-21(19)27)26(34)31(23)20-12-10-18(11-13-20)16(2)3/h6-13,15-17H,5,14H2,1-4H3/t17-/m1/s1. The molecule has 2 heterocycles. The molecule has 0 aliphatic carbocycles. The zero-order valence-corrected chi connectivity index (χ0v) is 20.1. The molecule has 4 rings (SSSR count). The number of aromatic nitrogens is 4. The molecule has 182 valence electrons. The molecule has 0 saturated carbocycles. The minimum Gasteiger partial charge on any atom is -0.464 e. The monoisotopic (exact) mass is 478 g/mol. The third-order valence-electron chi connectivity index (χ3n) is 6.01. The minimum atomic E-state index is -0.858. The molecule has 4 aromatic rings. The molecule has 0 bridgehead atoms. The zero-order valence-electron chi connectivity index (χ0n) is 20.1. The number of ether oxygens (including phenoxy) is 1. The Balaban J connectivity index is 2.00. The summed E-state index contributed by atoms with van der Waals surface area (Å²) in [6, 6.07) is 12.5. The van der Waals surface area contributed by atoms with Gasteiger partial charge in [0.05, 0.1) is 25.2 Å². The van der Waals surface area contributed by atoms with Crippen LogP contribution in [0.4, 0.5) is 4.39 Å². The molecule has 0 fully saturated rings. The van der Waals surface area contributed by atoms with Crippen LogP contribution in [0.25, 0.3) is 16.9 Å². The number of hydrogen-bond acceptors (Lipinski definition) is 5. The Labute approximate surface area is 201 Å². The number of carbonyl (C=O) groups is 1. The zero-order chi connectivity index (χ0) is 25.3. The van der Waals surface area contributed by atoms with E-state index in [4.69, 9.17) is 4.74 Å². The lowest BCUT2D eigenvalue weighted by Gasteiger charge is -2.16. The highest BCUT2D eigenvalue weighted by Gasteiger charge is 2.25. The Hall–Kier alpha value is -4.01. The topological polar surface area (TPSA) is 88.1 Å². The van der Waals surface area contributed by atoms with Crippen LogP contribution in [0, 0.1) is 5.82 Å². The molecular formula is C26H27FN4O4. The van der Waals surface area contributed by atoms with Crippen LogP contribution < -0.4 is 11.2 Å². The molecule has 8 nitrogen and oxygen atoms in total. The van der Waals surface area contributed by atoms with E-state index in [9.17, 15) is 18.8 Å². The largest absolute Gasteiger partial charge is 0.464 e. The normalized spacial score (nSPS) is 12.3. The number of hydrogen-bond donors (Lipinski definition) is 0. The number of benzene rings is 2. The van der Waals surface area contributed by atoms with Gasteiger partial charge in [-0.05, 0) is 43.5 Å². The average Bonchev–Trinajstić information content (AvgIpc) is 3.27. The van der Waals surface area contributed by atoms with Gasteiger partial charge < -0.3 is 9.30 Å². The van der Waals surface area contributed by atoms with Gasteiger partial charge in [-0.15, -0.1) is 0 Å². The number of halogens is 1. The summed E-state index contributed by atoms with van der Waals surface area (Å²) in [6.07, 6.45) is 1.35. The molecule has 2 aromatic heterocycles. The summed E-state index contributed by atoms with van der Waals surface area (Å²) in [7, 11) is 0. The highest BCUT2D eigenvalue weighted by Crippen LogP contribution is 2.20. The third-order valence-corrected chi connectivity index (χ3v) is 6.01. The summed E-state index contributed by atoms with van der Waals surface area (Å²) in [4.78, 5) is 44.0. The second-order valence-corrected chi connectivity index (χ2v) is 8.60. The van der Waals surface area contributed by atoms with Crippen molar-refractivity contribution in [3.8, 4) is 5.69 Å². The van der Waals surface area contributed by atoms with E-state index in [1.807, 2.05) is 12.1 Å². The van der Waals surface area contributed by atoms with Gasteiger partial charge in [-0.3, -0.25) is 9.36 Å². The van der Waals surface area contributed by atoms with Crippen LogP contribution in [0.5, 0.6) is 0 Å². The van der Waals surface area contributed by atoms with Crippen molar-refractivity contribution in [3.05, 3.63) is 92.6 Å². The fourth-order valence-corrected chi connectivity index (χ4v) is 3.99. The van der Waals surface area contributed by atoms with Crippen LogP contribution in [0.3, 0.4) is 0 Å². The molecule has 0 spiro atoms. The first-order valence-electron chi connectivity index (χ1n) is 11.5. The maximum Gasteiger partial charge on any atom is 0.337 e. The van der Waals surface area contributed by atoms with Gasteiger partial charge in [0.1, 0.15) is 11.9 Å². The van der Waals surface area contributed by atoms with Gasteiger partial charge in [-0.2, -0.15) is 0 Å². The molecule has 0 saturated heterocycles. The molecule has 0 aliphatic heterocycles. The molecule has 0 N–H and O–H groups in total. The predicted octanol–water partition coefficient (Wildman–Crippen LogP) is 3.78. The second kappa shape index (κ2) is 9.69. The summed E-state index contributed by atoms with van der Waals surface area (Å²) in [5.74, 6) is -0.772. The smallest absolute Gasteiger partial charge is 0.337 e. The third kappa shape index (κ3) is 4.41. The highest BCUT2D eigenvalue weighted by molar-refractivity contribution is 5.79. The molecule has 0 radical (unpaired) electrons. The van der Waals surface area contributed by atoms with Crippen molar-refractivity contribution >= 4 is 17.1 Å². The van der Waals surface area contributed by atoms with Gasteiger partial charge in [-0.1, -0.05) is 44.2 Å². The van der Waals surface area contributed by atoms with E-state index in [-0.39, 0.29) is 29.9 Å². The van der Waals surface area contributed by atoms with Crippen LogP contribution in [-0.4, -0.2) is 31.3 Å². The van der Waals surface area contributed by atoms with Gasteiger partial charge in [0, 0.05) is 5.56 Å². The molecule has 35 heavy (non-hydrogen) atoms. The Kier molecular flexibility index (Phi) is 6.68. The van der Waals surface area contributed by atoms with Gasteiger partial charge >= 0.3 is 11.7 Å². The van der Waals surface area contributed by atoms with E-state index < -0.39 is 29.1 Å². The Morgan fingerprint density at radius 1 is 1.06 bits per heavy atom. The quantitative estimate of drug-likeness (QED) is 0.377. The Bertz CT molecular complexity index is 1500. The number of fused-ring (bicyclic) bond motifs is 1. The lowest BCUT2D eigenvalue weighted by atomic mass is 10.0. The first-order valence-corrected chi connectivity index (χ1v) is 11.5. The first kappa shape index (κ1) is 24.1. The number of nitrogens with zero attached hydrogens (tertiary/aromatic N) is 4. The molecule has 1 atom stereocenters. The van der Waals surface area contributed by atoms with Gasteiger partial charge in [0.25, 0.3) is 5.56 Å². The Morgan fingerprint density at radius 2 is 1.74 bits per heavy atom. The minimum absolute atomic E-state index is 0.0504. The van der Waals surface area contributed by atoms with Gasteiger partial charge in [-0.25, -0.2) is 23.5 Å². The highest BCUT2D eigenvalue weighted by atomic mass is 19.1. The van der Waals surface area contributed by atoms with E-state index in [0.29, 0.717) is 11.6 Å². The fourth-order valence-electron chi connectivity index (χ4n) is 3.99. The predicted molar refractivity (Wildman–Crippen MR) is 131 cm³/mol. The summed E-state index contributed by atoms with van der Waals surface area (Å²) in [6.45, 7) is 7.31. The van der Waals surface area contributed by atoms with Crippen molar-refractivity contribution in [2.24, 2.45) is 0 Å². The number of esters is 1. The number of imidazole rings is 1. The van der Waals surface area contributed by atoms with Crippen LogP contribution >= 0.6 is 0 Å². The van der Waals surface area contributed by atoms with E-state index in [0.717, 1.165) is 10.1 Å². The maximum absolute atomic E-state index is 14.4. The number of rotatable bonds is 7. The molecule has 0 unspecified atom stereocenters. The summed E-state index contributed by atoms with van der Waals surface area (Å²) >= 11 is 0. The molecule has 2 aromatic carbocycles.